The Morgan fingerprint density at radius 3 is 1.44 bits per heavy atom. The molecule has 0 saturated carbocycles. The number of benzene rings is 10. The second-order valence-electron chi connectivity index (χ2n) is 16.1. The molecular weight excluding hydrogens is 765 g/mol. The summed E-state index contributed by atoms with van der Waals surface area (Å²) in [6.07, 6.45) is 0. The summed E-state index contributed by atoms with van der Waals surface area (Å²) in [4.78, 5) is 2.35. The summed E-state index contributed by atoms with van der Waals surface area (Å²) in [5, 5.41) is 4.80. The van der Waals surface area contributed by atoms with Gasteiger partial charge in [0, 0.05) is 44.2 Å². The van der Waals surface area contributed by atoms with Gasteiger partial charge in [-0.05, 0) is 112 Å². The standard InChI is InChI=1S/C60H40N2O/c1-2-14-41(15-3-1)42-28-34-47(35-29-42)61(48-36-30-43(31-37-48)45-16-12-17-46(40-45)51-22-13-27-59-60(51)54-21-7-11-26-58(54)63-59)49-38-32-44(33-39-49)50-18-4-8-23-55(50)62-56-24-9-5-19-52(56)53-20-6-10-25-57(53)62/h1-40H. The van der Waals surface area contributed by atoms with Gasteiger partial charge in [0.1, 0.15) is 11.2 Å². The van der Waals surface area contributed by atoms with Crippen LogP contribution in [0.1, 0.15) is 0 Å². The van der Waals surface area contributed by atoms with Crippen LogP contribution in [0.2, 0.25) is 0 Å². The minimum absolute atomic E-state index is 0.903. The van der Waals surface area contributed by atoms with Crippen molar-refractivity contribution in [1.29, 1.82) is 0 Å². The normalized spacial score (nSPS) is 11.5. The third-order valence-corrected chi connectivity index (χ3v) is 12.4. The van der Waals surface area contributed by atoms with Crippen LogP contribution in [0.4, 0.5) is 17.1 Å². The molecular formula is C60H40N2O. The predicted molar refractivity (Wildman–Crippen MR) is 264 cm³/mol. The lowest BCUT2D eigenvalue weighted by atomic mass is 9.96. The Morgan fingerprint density at radius 2 is 0.762 bits per heavy atom. The number of aromatic nitrogens is 1. The van der Waals surface area contributed by atoms with Gasteiger partial charge < -0.3 is 13.9 Å². The van der Waals surface area contributed by atoms with E-state index >= 15 is 0 Å². The zero-order chi connectivity index (χ0) is 41.7. The molecule has 12 aromatic rings. The second-order valence-corrected chi connectivity index (χ2v) is 16.1. The third kappa shape index (κ3) is 6.38. The van der Waals surface area contributed by atoms with E-state index < -0.39 is 0 Å². The Bertz CT molecular complexity index is 3550. The molecule has 0 radical (unpaired) electrons. The molecule has 0 aliphatic heterocycles. The molecule has 0 fully saturated rings. The highest BCUT2D eigenvalue weighted by molar-refractivity contribution is 6.13. The Hall–Kier alpha value is -8.40. The van der Waals surface area contributed by atoms with E-state index in [1.165, 1.54) is 44.1 Å². The smallest absolute Gasteiger partial charge is 0.136 e. The van der Waals surface area contributed by atoms with Gasteiger partial charge >= 0.3 is 0 Å². The molecule has 0 bridgehead atoms. The molecule has 0 aliphatic rings. The summed E-state index contributed by atoms with van der Waals surface area (Å²) in [5.74, 6) is 0. The average Bonchev–Trinajstić information content (AvgIpc) is 3.91. The fourth-order valence-electron chi connectivity index (χ4n) is 9.45. The molecule has 2 aromatic heterocycles. The molecule has 0 N–H and O–H groups in total. The zero-order valence-electron chi connectivity index (χ0n) is 34.4. The molecule has 10 aromatic carbocycles. The van der Waals surface area contributed by atoms with E-state index in [1.54, 1.807) is 0 Å². The first-order valence-electron chi connectivity index (χ1n) is 21.5. The van der Waals surface area contributed by atoms with E-state index in [-0.39, 0.29) is 0 Å². The molecule has 0 aliphatic carbocycles. The van der Waals surface area contributed by atoms with Crippen LogP contribution in [0.3, 0.4) is 0 Å². The topological polar surface area (TPSA) is 21.3 Å². The van der Waals surface area contributed by atoms with E-state index in [0.29, 0.717) is 0 Å². The summed E-state index contributed by atoms with van der Waals surface area (Å²) in [6, 6.07) is 87.1. The van der Waals surface area contributed by atoms with Gasteiger partial charge in [-0.25, -0.2) is 0 Å². The first-order valence-corrected chi connectivity index (χ1v) is 21.5. The van der Waals surface area contributed by atoms with Crippen LogP contribution in [0.25, 0.3) is 93.9 Å². The van der Waals surface area contributed by atoms with E-state index in [1.807, 2.05) is 12.1 Å². The van der Waals surface area contributed by atoms with Crippen LogP contribution >= 0.6 is 0 Å². The van der Waals surface area contributed by atoms with Crippen LogP contribution in [0.5, 0.6) is 0 Å². The third-order valence-electron chi connectivity index (χ3n) is 12.4. The first-order chi connectivity index (χ1) is 31.2. The molecule has 0 amide bonds. The highest BCUT2D eigenvalue weighted by atomic mass is 16.3. The molecule has 0 spiro atoms. The van der Waals surface area contributed by atoms with Gasteiger partial charge in [0.2, 0.25) is 0 Å². The van der Waals surface area contributed by atoms with Crippen molar-refractivity contribution in [2.24, 2.45) is 0 Å². The van der Waals surface area contributed by atoms with Crippen LogP contribution in [0.15, 0.2) is 247 Å². The molecule has 0 atom stereocenters. The molecule has 12 rings (SSSR count). The van der Waals surface area contributed by atoms with Crippen molar-refractivity contribution in [3.8, 4) is 50.2 Å². The number of hydrogen-bond acceptors (Lipinski definition) is 2. The first kappa shape index (κ1) is 36.5. The van der Waals surface area contributed by atoms with Crippen LogP contribution in [0, 0.1) is 0 Å². The lowest BCUT2D eigenvalue weighted by Gasteiger charge is -2.26. The molecule has 63 heavy (non-hydrogen) atoms. The fraction of sp³-hybridized carbons (Fsp3) is 0. The lowest BCUT2D eigenvalue weighted by Crippen LogP contribution is -2.09. The number of hydrogen-bond donors (Lipinski definition) is 0. The van der Waals surface area contributed by atoms with Crippen LogP contribution in [-0.2, 0) is 0 Å². The highest BCUT2D eigenvalue weighted by Gasteiger charge is 2.18. The van der Waals surface area contributed by atoms with E-state index in [2.05, 4.69) is 240 Å². The van der Waals surface area contributed by atoms with Gasteiger partial charge in [-0.1, -0.05) is 170 Å². The van der Waals surface area contributed by atoms with Gasteiger partial charge in [-0.15, -0.1) is 0 Å². The van der Waals surface area contributed by atoms with Crippen LogP contribution in [-0.4, -0.2) is 4.57 Å². The number of rotatable bonds is 8. The van der Waals surface area contributed by atoms with Crippen LogP contribution < -0.4 is 4.90 Å². The minimum Gasteiger partial charge on any atom is -0.456 e. The SMILES string of the molecule is c1ccc(-c2ccc(N(c3ccc(-c4cccc(-c5cccc6oc7ccccc7c56)c4)cc3)c3ccc(-c4ccccc4-n4c5ccccc5c5ccccc54)cc3)cc2)cc1. The number of anilines is 3. The molecule has 0 unspecified atom stereocenters. The van der Waals surface area contributed by atoms with Crippen molar-refractivity contribution >= 4 is 60.8 Å². The summed E-state index contributed by atoms with van der Waals surface area (Å²) < 4.78 is 8.65. The lowest BCUT2D eigenvalue weighted by molar-refractivity contribution is 0.669. The van der Waals surface area contributed by atoms with Crippen molar-refractivity contribution in [1.82, 2.24) is 4.57 Å². The van der Waals surface area contributed by atoms with Crippen molar-refractivity contribution in [3.63, 3.8) is 0 Å². The van der Waals surface area contributed by atoms with Gasteiger partial charge in [0.25, 0.3) is 0 Å². The van der Waals surface area contributed by atoms with Gasteiger partial charge in [0.15, 0.2) is 0 Å². The molecule has 296 valence electrons. The second kappa shape index (κ2) is 15.3. The van der Waals surface area contributed by atoms with Crippen molar-refractivity contribution in [2.75, 3.05) is 4.90 Å². The Morgan fingerprint density at radius 1 is 0.302 bits per heavy atom. The number of fused-ring (bicyclic) bond motifs is 6. The maximum atomic E-state index is 6.24. The Balaban J connectivity index is 0.924. The van der Waals surface area contributed by atoms with Crippen molar-refractivity contribution in [2.45, 2.75) is 0 Å². The van der Waals surface area contributed by atoms with Crippen molar-refractivity contribution in [3.05, 3.63) is 243 Å². The summed E-state index contributed by atoms with van der Waals surface area (Å²) in [7, 11) is 0. The predicted octanol–water partition coefficient (Wildman–Crippen LogP) is 16.8. The maximum Gasteiger partial charge on any atom is 0.136 e. The quantitative estimate of drug-likeness (QED) is 0.153. The van der Waals surface area contributed by atoms with Gasteiger partial charge in [-0.2, -0.15) is 0 Å². The molecule has 2 heterocycles. The fourth-order valence-corrected chi connectivity index (χ4v) is 9.45. The Kier molecular flexibility index (Phi) is 8.83. The molecule has 0 saturated heterocycles. The summed E-state index contributed by atoms with van der Waals surface area (Å²) >= 11 is 0. The van der Waals surface area contributed by atoms with Gasteiger partial charge in [-0.3, -0.25) is 0 Å². The number of nitrogens with zero attached hydrogens (tertiary/aromatic N) is 2. The molecule has 3 heteroatoms. The van der Waals surface area contributed by atoms with Gasteiger partial charge in [0.05, 0.1) is 16.7 Å². The summed E-state index contributed by atoms with van der Waals surface area (Å²) in [5.41, 5.74) is 18.0. The van der Waals surface area contributed by atoms with E-state index in [4.69, 9.17) is 4.42 Å². The maximum absolute atomic E-state index is 6.24. The number of para-hydroxylation sites is 4. The monoisotopic (exact) mass is 804 g/mol. The van der Waals surface area contributed by atoms with E-state index in [0.717, 1.165) is 66.9 Å². The average molecular weight is 805 g/mol. The molecule has 3 nitrogen and oxygen atoms in total. The number of furan rings is 1. The Labute approximate surface area is 366 Å². The largest absolute Gasteiger partial charge is 0.456 e. The summed E-state index contributed by atoms with van der Waals surface area (Å²) in [6.45, 7) is 0. The van der Waals surface area contributed by atoms with Crippen molar-refractivity contribution < 1.29 is 4.42 Å². The minimum atomic E-state index is 0.903. The van der Waals surface area contributed by atoms with E-state index in [9.17, 15) is 0 Å². The highest BCUT2D eigenvalue weighted by Crippen LogP contribution is 2.41. The zero-order valence-corrected chi connectivity index (χ0v) is 34.4.